The van der Waals surface area contributed by atoms with Crippen molar-refractivity contribution in [2.45, 2.75) is 45.4 Å². The van der Waals surface area contributed by atoms with Crippen LogP contribution in [-0.4, -0.2) is 36.4 Å². The van der Waals surface area contributed by atoms with Crippen molar-refractivity contribution >= 4 is 26.5 Å². The number of nitrogens with zero attached hydrogens (tertiary/aromatic N) is 5. The highest BCUT2D eigenvalue weighted by molar-refractivity contribution is 9.18. The highest BCUT2D eigenvalue weighted by Crippen LogP contribution is 2.25. The fraction of sp³-hybridized carbons (Fsp3) is 0.700. The zero-order chi connectivity index (χ0) is 14.0. The lowest BCUT2D eigenvalue weighted by Crippen LogP contribution is -2.27. The van der Waals surface area contributed by atoms with Gasteiger partial charge in [-0.25, -0.2) is 4.79 Å². The first-order valence-corrected chi connectivity index (χ1v) is 6.50. The minimum atomic E-state index is -0.534. The number of carbonyl (C=O) groups excluding carboxylic acids is 1. The number of rotatable bonds is 3. The molecule has 2 rings (SSSR count). The van der Waals surface area contributed by atoms with E-state index in [4.69, 9.17) is 9.57 Å². The molecule has 1 atom stereocenters. The molecule has 0 spiro atoms. The Balaban J connectivity index is 1.93. The summed E-state index contributed by atoms with van der Waals surface area (Å²) in [6.45, 7) is 5.31. The summed E-state index contributed by atoms with van der Waals surface area (Å²) in [6.07, 6.45) is 0.194. The Bertz CT molecular complexity index is 508. The highest BCUT2D eigenvalue weighted by atomic mass is 79.9. The number of tetrazole rings is 1. The van der Waals surface area contributed by atoms with E-state index in [2.05, 4.69) is 36.5 Å². The number of carbonyl (C=O) groups is 1. The van der Waals surface area contributed by atoms with Gasteiger partial charge >= 0.3 is 5.97 Å². The molecule has 0 aliphatic carbocycles. The molecule has 9 heteroatoms. The van der Waals surface area contributed by atoms with Crippen LogP contribution in [0.25, 0.3) is 0 Å². The molecular weight excluding hydrogens is 318 g/mol. The molecule has 0 bridgehead atoms. The zero-order valence-electron chi connectivity index (χ0n) is 10.8. The molecule has 0 saturated heterocycles. The molecule has 19 heavy (non-hydrogen) atoms. The second-order valence-corrected chi connectivity index (χ2v) is 5.95. The van der Waals surface area contributed by atoms with Crippen LogP contribution in [0, 0.1) is 0 Å². The third kappa shape index (κ3) is 3.98. The lowest BCUT2D eigenvalue weighted by atomic mass is 10.2. The number of halogens is 1. The number of oxime groups is 1. The summed E-state index contributed by atoms with van der Waals surface area (Å²) in [5, 5.41) is 15.4. The van der Waals surface area contributed by atoms with Crippen molar-refractivity contribution in [2.75, 3.05) is 0 Å². The van der Waals surface area contributed by atoms with Crippen LogP contribution in [-0.2, 0) is 20.9 Å². The minimum Gasteiger partial charge on any atom is -0.459 e. The van der Waals surface area contributed by atoms with Gasteiger partial charge in [0.25, 0.3) is 0 Å². The summed E-state index contributed by atoms with van der Waals surface area (Å²) in [5.74, 6) is -0.0250. The monoisotopic (exact) mass is 331 g/mol. The third-order valence-corrected chi connectivity index (χ3v) is 2.55. The van der Waals surface area contributed by atoms with E-state index in [-0.39, 0.29) is 12.6 Å². The van der Waals surface area contributed by atoms with Gasteiger partial charge < -0.3 is 9.57 Å². The van der Waals surface area contributed by atoms with Crippen molar-refractivity contribution in [3.8, 4) is 0 Å². The minimum absolute atomic E-state index is 0.0843. The van der Waals surface area contributed by atoms with Crippen LogP contribution >= 0.6 is 15.9 Å². The van der Waals surface area contributed by atoms with Crippen LogP contribution < -0.4 is 0 Å². The van der Waals surface area contributed by atoms with Crippen molar-refractivity contribution < 1.29 is 14.4 Å². The summed E-state index contributed by atoms with van der Waals surface area (Å²) in [6, 6.07) is 0. The van der Waals surface area contributed by atoms with E-state index >= 15 is 0 Å². The molecule has 1 unspecified atom stereocenters. The molecular formula is C10H14BrN5O3. The topological polar surface area (TPSA) is 91.5 Å². The molecule has 0 amide bonds. The summed E-state index contributed by atoms with van der Waals surface area (Å²) in [7, 11) is 0. The Morgan fingerprint density at radius 1 is 1.58 bits per heavy atom. The molecule has 2 heterocycles. The fourth-order valence-electron chi connectivity index (χ4n) is 1.43. The molecule has 0 fully saturated rings. The summed E-state index contributed by atoms with van der Waals surface area (Å²) >= 11 is 3.22. The van der Waals surface area contributed by atoms with E-state index in [1.165, 1.54) is 4.80 Å². The van der Waals surface area contributed by atoms with Crippen LogP contribution in [0.3, 0.4) is 0 Å². The molecule has 0 radical (unpaired) electrons. The van der Waals surface area contributed by atoms with E-state index in [0.717, 1.165) is 0 Å². The quantitative estimate of drug-likeness (QED) is 0.772. The maximum Gasteiger partial charge on any atom is 0.330 e. The molecule has 1 aliphatic rings. The number of aromatic nitrogens is 4. The average molecular weight is 332 g/mol. The molecule has 1 aromatic rings. The predicted molar refractivity (Wildman–Crippen MR) is 68.5 cm³/mol. The molecule has 8 nitrogen and oxygen atoms in total. The molecule has 0 saturated carbocycles. The van der Waals surface area contributed by atoms with E-state index in [9.17, 15) is 4.79 Å². The van der Waals surface area contributed by atoms with Gasteiger partial charge in [0.2, 0.25) is 5.82 Å². The Morgan fingerprint density at radius 3 is 2.89 bits per heavy atom. The van der Waals surface area contributed by atoms with Crippen LogP contribution in [0.1, 0.15) is 39.1 Å². The van der Waals surface area contributed by atoms with Gasteiger partial charge in [0.05, 0.1) is 0 Å². The number of esters is 1. The van der Waals surface area contributed by atoms with Crippen molar-refractivity contribution in [3.63, 3.8) is 0 Å². The standard InChI is InChI=1S/C10H14BrN5O3/c1-10(2,3)18-8(17)5-16-13-9(12-15-16)6-4-7(11)14-19-6/h6H,4-5H2,1-3H3. The Hall–Kier alpha value is -1.51. The van der Waals surface area contributed by atoms with E-state index in [1.54, 1.807) is 20.8 Å². The molecule has 1 aromatic heterocycles. The maximum atomic E-state index is 11.6. The summed E-state index contributed by atoms with van der Waals surface area (Å²) < 4.78 is 5.86. The van der Waals surface area contributed by atoms with Crippen molar-refractivity contribution in [1.82, 2.24) is 20.2 Å². The Labute approximate surface area is 118 Å². The maximum absolute atomic E-state index is 11.6. The van der Waals surface area contributed by atoms with Gasteiger partial charge in [-0.2, -0.15) is 4.80 Å². The second kappa shape index (κ2) is 5.24. The lowest BCUT2D eigenvalue weighted by Gasteiger charge is -2.18. The zero-order valence-corrected chi connectivity index (χ0v) is 12.4. The molecule has 0 aromatic carbocycles. The van der Waals surface area contributed by atoms with Crippen LogP contribution in [0.2, 0.25) is 0 Å². The highest BCUT2D eigenvalue weighted by Gasteiger charge is 2.26. The van der Waals surface area contributed by atoms with Crippen LogP contribution in [0.15, 0.2) is 5.16 Å². The van der Waals surface area contributed by atoms with Crippen molar-refractivity contribution in [3.05, 3.63) is 5.82 Å². The van der Waals surface area contributed by atoms with Crippen molar-refractivity contribution in [2.24, 2.45) is 5.16 Å². The van der Waals surface area contributed by atoms with Crippen LogP contribution in [0.5, 0.6) is 0 Å². The van der Waals surface area contributed by atoms with Gasteiger partial charge in [-0.3, -0.25) is 0 Å². The van der Waals surface area contributed by atoms with E-state index in [0.29, 0.717) is 16.9 Å². The van der Waals surface area contributed by atoms with Gasteiger partial charge in [-0.15, -0.1) is 10.2 Å². The van der Waals surface area contributed by atoms with Gasteiger partial charge in [0.15, 0.2) is 12.6 Å². The SMILES string of the molecule is CC(C)(C)OC(=O)Cn1nnc(C2CC(Br)=NO2)n1. The van der Waals surface area contributed by atoms with Crippen molar-refractivity contribution in [1.29, 1.82) is 0 Å². The first kappa shape index (κ1) is 13.9. The fourth-order valence-corrected chi connectivity index (χ4v) is 1.81. The first-order chi connectivity index (χ1) is 8.83. The number of ether oxygens (including phenoxy) is 1. The molecule has 104 valence electrons. The van der Waals surface area contributed by atoms with Gasteiger partial charge in [-0.05, 0) is 41.9 Å². The smallest absolute Gasteiger partial charge is 0.330 e. The summed E-state index contributed by atoms with van der Waals surface area (Å²) in [4.78, 5) is 17.9. The Kier molecular flexibility index (Phi) is 3.83. The average Bonchev–Trinajstić information content (AvgIpc) is 2.83. The Morgan fingerprint density at radius 2 is 2.32 bits per heavy atom. The summed E-state index contributed by atoms with van der Waals surface area (Å²) in [5.41, 5.74) is -0.534. The predicted octanol–water partition coefficient (Wildman–Crippen LogP) is 1.18. The van der Waals surface area contributed by atoms with Crippen LogP contribution in [0.4, 0.5) is 0 Å². The van der Waals surface area contributed by atoms with E-state index in [1.807, 2.05) is 0 Å². The van der Waals surface area contributed by atoms with Gasteiger partial charge in [0, 0.05) is 6.42 Å². The number of hydrogen-bond donors (Lipinski definition) is 0. The molecule has 1 aliphatic heterocycles. The van der Waals surface area contributed by atoms with Gasteiger partial charge in [-0.1, -0.05) is 5.16 Å². The van der Waals surface area contributed by atoms with E-state index < -0.39 is 11.6 Å². The first-order valence-electron chi connectivity index (χ1n) is 5.71. The molecule has 0 N–H and O–H groups in total. The van der Waals surface area contributed by atoms with Gasteiger partial charge in [0.1, 0.15) is 10.2 Å². The number of hydrogen-bond acceptors (Lipinski definition) is 7. The largest absolute Gasteiger partial charge is 0.459 e. The normalized spacial score (nSPS) is 18.9. The second-order valence-electron chi connectivity index (χ2n) is 5.03. The lowest BCUT2D eigenvalue weighted by molar-refractivity contribution is -0.156. The third-order valence-electron chi connectivity index (χ3n) is 2.08.